The molecule has 0 aliphatic carbocycles. The van der Waals surface area contributed by atoms with Crippen molar-refractivity contribution in [2.75, 3.05) is 54.5 Å². The number of benzene rings is 2. The summed E-state index contributed by atoms with van der Waals surface area (Å²) in [6, 6.07) is 20.0. The number of H-pyrrole nitrogens is 1. The predicted octanol–water partition coefficient (Wildman–Crippen LogP) is 5.66. The zero-order valence-corrected chi connectivity index (χ0v) is 21.7. The fourth-order valence-electron chi connectivity index (χ4n) is 3.89. The number of aromatic nitrogens is 2. The van der Waals surface area contributed by atoms with E-state index in [1.165, 1.54) is 0 Å². The lowest BCUT2D eigenvalue weighted by molar-refractivity contribution is 0.281. The van der Waals surface area contributed by atoms with Crippen LogP contribution < -0.4 is 9.47 Å². The minimum atomic E-state index is 0.692. The highest BCUT2D eigenvalue weighted by Gasteiger charge is 2.17. The summed E-state index contributed by atoms with van der Waals surface area (Å²) in [5.74, 6) is 3.11. The molecule has 7 heteroatoms. The summed E-state index contributed by atoms with van der Waals surface area (Å²) in [6.45, 7) is 3.39. The zero-order chi connectivity index (χ0) is 25.3. The Morgan fingerprint density at radius 1 is 0.750 bits per heavy atom. The summed E-state index contributed by atoms with van der Waals surface area (Å²) >= 11 is 0. The van der Waals surface area contributed by atoms with Gasteiger partial charge in [0.1, 0.15) is 11.5 Å². The van der Waals surface area contributed by atoms with Gasteiger partial charge in [-0.25, -0.2) is 4.98 Å². The summed E-state index contributed by atoms with van der Waals surface area (Å²) in [4.78, 5) is 12.7. The molecule has 2 heterocycles. The van der Waals surface area contributed by atoms with Gasteiger partial charge in [-0.1, -0.05) is 0 Å². The standard InChI is InChI=1S/C29H36N4O3/c1-32(2)17-6-20-34-24-13-9-22(10-14-24)27-28(31-29(30-27)26-8-5-19-36-26)23-11-15-25(16-12-23)35-21-7-18-33(3)4/h5,8-16,19H,6-7,17-18,20-21H2,1-4H3,(H,30,31). The minimum absolute atomic E-state index is 0.692. The van der Waals surface area contributed by atoms with Crippen LogP contribution in [0, 0.1) is 0 Å². The van der Waals surface area contributed by atoms with E-state index in [9.17, 15) is 0 Å². The molecule has 7 nitrogen and oxygen atoms in total. The van der Waals surface area contributed by atoms with Gasteiger partial charge in [0.25, 0.3) is 0 Å². The van der Waals surface area contributed by atoms with Crippen LogP contribution in [0.25, 0.3) is 34.1 Å². The second-order valence-corrected chi connectivity index (χ2v) is 9.35. The zero-order valence-electron chi connectivity index (χ0n) is 21.7. The van der Waals surface area contributed by atoms with E-state index in [2.05, 4.69) is 67.2 Å². The molecule has 0 aliphatic rings. The third kappa shape index (κ3) is 6.99. The largest absolute Gasteiger partial charge is 0.494 e. The van der Waals surface area contributed by atoms with Crippen molar-refractivity contribution < 1.29 is 13.9 Å². The number of aromatic amines is 1. The van der Waals surface area contributed by atoms with Crippen LogP contribution in [0.5, 0.6) is 11.5 Å². The van der Waals surface area contributed by atoms with Crippen molar-refractivity contribution in [1.29, 1.82) is 0 Å². The molecule has 0 amide bonds. The van der Waals surface area contributed by atoms with Crippen LogP contribution >= 0.6 is 0 Å². The molecule has 4 rings (SSSR count). The number of furan rings is 1. The normalized spacial score (nSPS) is 11.4. The van der Waals surface area contributed by atoms with Crippen molar-refractivity contribution in [2.24, 2.45) is 0 Å². The highest BCUT2D eigenvalue weighted by atomic mass is 16.5. The molecule has 2 aromatic heterocycles. The SMILES string of the molecule is CN(C)CCCOc1ccc(-c2nc(-c3ccco3)[nH]c2-c2ccc(OCCCN(C)C)cc2)cc1. The number of nitrogens with one attached hydrogen (secondary N) is 1. The quantitative estimate of drug-likeness (QED) is 0.245. The van der Waals surface area contributed by atoms with Gasteiger partial charge in [0.15, 0.2) is 11.6 Å². The van der Waals surface area contributed by atoms with Crippen LogP contribution in [-0.4, -0.2) is 74.3 Å². The van der Waals surface area contributed by atoms with E-state index in [0.717, 1.165) is 59.9 Å². The maximum Gasteiger partial charge on any atom is 0.174 e. The molecular formula is C29H36N4O3. The Labute approximate surface area is 213 Å². The second-order valence-electron chi connectivity index (χ2n) is 9.35. The first kappa shape index (κ1) is 25.5. The summed E-state index contributed by atoms with van der Waals surface area (Å²) in [5, 5.41) is 0. The van der Waals surface area contributed by atoms with Gasteiger partial charge >= 0.3 is 0 Å². The van der Waals surface area contributed by atoms with Gasteiger partial charge in [-0.05, 0) is 102 Å². The van der Waals surface area contributed by atoms with E-state index in [1.807, 2.05) is 36.4 Å². The van der Waals surface area contributed by atoms with Crippen LogP contribution in [0.1, 0.15) is 12.8 Å². The Morgan fingerprint density at radius 2 is 1.31 bits per heavy atom. The van der Waals surface area contributed by atoms with Crippen molar-refractivity contribution in [3.63, 3.8) is 0 Å². The number of nitrogens with zero attached hydrogens (tertiary/aromatic N) is 3. The number of hydrogen-bond donors (Lipinski definition) is 1. The highest BCUT2D eigenvalue weighted by Crippen LogP contribution is 2.34. The lowest BCUT2D eigenvalue weighted by Gasteiger charge is -2.11. The molecule has 2 aromatic carbocycles. The molecule has 0 fully saturated rings. The first-order chi connectivity index (χ1) is 17.5. The van der Waals surface area contributed by atoms with Gasteiger partial charge in [-0.2, -0.15) is 0 Å². The molecule has 0 saturated heterocycles. The molecular weight excluding hydrogens is 452 g/mol. The smallest absolute Gasteiger partial charge is 0.174 e. The van der Waals surface area contributed by atoms with Crippen LogP contribution in [-0.2, 0) is 0 Å². The molecule has 0 saturated carbocycles. The lowest BCUT2D eigenvalue weighted by Crippen LogP contribution is -2.15. The Bertz CT molecular complexity index is 1100. The third-order valence-corrected chi connectivity index (χ3v) is 5.77. The summed E-state index contributed by atoms with van der Waals surface area (Å²) < 4.78 is 17.4. The molecule has 0 atom stereocenters. The summed E-state index contributed by atoms with van der Waals surface area (Å²) in [7, 11) is 8.28. The molecule has 0 radical (unpaired) electrons. The van der Waals surface area contributed by atoms with Crippen molar-refractivity contribution in [3.8, 4) is 45.6 Å². The van der Waals surface area contributed by atoms with Crippen molar-refractivity contribution in [3.05, 3.63) is 66.9 Å². The monoisotopic (exact) mass is 488 g/mol. The average Bonchev–Trinajstić information content (AvgIpc) is 3.56. The first-order valence-electron chi connectivity index (χ1n) is 12.4. The summed E-state index contributed by atoms with van der Waals surface area (Å²) in [6.07, 6.45) is 3.63. The van der Waals surface area contributed by atoms with Crippen LogP contribution in [0.15, 0.2) is 71.3 Å². The molecule has 0 spiro atoms. The maximum absolute atomic E-state index is 5.91. The number of ether oxygens (including phenoxy) is 2. The minimum Gasteiger partial charge on any atom is -0.494 e. The Morgan fingerprint density at radius 3 is 1.81 bits per heavy atom. The van der Waals surface area contributed by atoms with E-state index in [0.29, 0.717) is 24.8 Å². The van der Waals surface area contributed by atoms with Gasteiger partial charge in [0, 0.05) is 24.2 Å². The van der Waals surface area contributed by atoms with Gasteiger partial charge in [-0.15, -0.1) is 0 Å². The number of rotatable bonds is 13. The molecule has 36 heavy (non-hydrogen) atoms. The fraction of sp³-hybridized carbons (Fsp3) is 0.345. The highest BCUT2D eigenvalue weighted by molar-refractivity contribution is 5.81. The fourth-order valence-corrected chi connectivity index (χ4v) is 3.89. The Balaban J connectivity index is 1.52. The van der Waals surface area contributed by atoms with Gasteiger partial charge in [0.05, 0.1) is 30.9 Å². The van der Waals surface area contributed by atoms with Crippen molar-refractivity contribution >= 4 is 0 Å². The molecule has 190 valence electrons. The van der Waals surface area contributed by atoms with E-state index in [4.69, 9.17) is 18.9 Å². The van der Waals surface area contributed by atoms with E-state index in [1.54, 1.807) is 6.26 Å². The van der Waals surface area contributed by atoms with E-state index >= 15 is 0 Å². The molecule has 0 bridgehead atoms. The van der Waals surface area contributed by atoms with Gasteiger partial charge in [-0.3, -0.25) is 0 Å². The molecule has 4 aromatic rings. The van der Waals surface area contributed by atoms with Gasteiger partial charge in [0.2, 0.25) is 0 Å². The molecule has 0 aliphatic heterocycles. The second kappa shape index (κ2) is 12.4. The third-order valence-electron chi connectivity index (χ3n) is 5.77. The van der Waals surface area contributed by atoms with Gasteiger partial charge < -0.3 is 28.7 Å². The van der Waals surface area contributed by atoms with Crippen LogP contribution in [0.4, 0.5) is 0 Å². The van der Waals surface area contributed by atoms with Crippen molar-refractivity contribution in [2.45, 2.75) is 12.8 Å². The van der Waals surface area contributed by atoms with Crippen molar-refractivity contribution in [1.82, 2.24) is 19.8 Å². The Kier molecular flexibility index (Phi) is 8.81. The van der Waals surface area contributed by atoms with E-state index < -0.39 is 0 Å². The Hall–Kier alpha value is -3.55. The van der Waals surface area contributed by atoms with Crippen LogP contribution in [0.3, 0.4) is 0 Å². The maximum atomic E-state index is 5.91. The predicted molar refractivity (Wildman–Crippen MR) is 144 cm³/mol. The molecule has 1 N–H and O–H groups in total. The first-order valence-corrected chi connectivity index (χ1v) is 12.4. The molecule has 0 unspecified atom stereocenters. The van der Waals surface area contributed by atoms with E-state index in [-0.39, 0.29) is 0 Å². The topological polar surface area (TPSA) is 66.8 Å². The average molecular weight is 489 g/mol. The van der Waals surface area contributed by atoms with Crippen LogP contribution in [0.2, 0.25) is 0 Å². The number of hydrogen-bond acceptors (Lipinski definition) is 6. The summed E-state index contributed by atoms with van der Waals surface area (Å²) in [5.41, 5.74) is 3.82. The lowest BCUT2D eigenvalue weighted by atomic mass is 10.0. The number of imidazole rings is 1.